The third-order valence-electron chi connectivity index (χ3n) is 3.52. The molecule has 11 nitrogen and oxygen atoms in total. The number of tetrazole rings is 1. The van der Waals surface area contributed by atoms with Gasteiger partial charge in [-0.3, -0.25) is 24.2 Å². The number of amides is 1. The van der Waals surface area contributed by atoms with Crippen molar-refractivity contribution in [3.63, 3.8) is 0 Å². The molecule has 0 spiro atoms. The number of hydrogen-bond acceptors (Lipinski definition) is 7. The van der Waals surface area contributed by atoms with Crippen LogP contribution in [-0.4, -0.2) is 51.6 Å². The highest BCUT2D eigenvalue weighted by molar-refractivity contribution is 7.84. The molecule has 4 aromatic rings. The number of benzene rings is 1. The largest absolute Gasteiger partial charge is 0.286 e. The molecule has 126 valence electrons. The fourth-order valence-corrected chi connectivity index (χ4v) is 2.89. The van der Waals surface area contributed by atoms with E-state index in [9.17, 15) is 13.8 Å². The number of aromatic nitrogens is 7. The second kappa shape index (κ2) is 5.59. The van der Waals surface area contributed by atoms with Crippen LogP contribution in [0.25, 0.3) is 16.6 Å². The summed E-state index contributed by atoms with van der Waals surface area (Å²) in [6, 6.07) is 6.24. The Balaban J connectivity index is 1.83. The average molecular weight is 358 g/mol. The molecule has 0 radical (unpaired) electrons. The Morgan fingerprint density at radius 3 is 2.88 bits per heavy atom. The van der Waals surface area contributed by atoms with Crippen LogP contribution in [0.2, 0.25) is 0 Å². The van der Waals surface area contributed by atoms with Gasteiger partial charge in [0, 0.05) is 28.0 Å². The average Bonchev–Trinajstić information content (AvgIpc) is 3.24. The van der Waals surface area contributed by atoms with Crippen LogP contribution in [0.1, 0.15) is 10.5 Å². The summed E-state index contributed by atoms with van der Waals surface area (Å²) < 4.78 is 12.8. The predicted octanol–water partition coefficient (Wildman–Crippen LogP) is -0.321. The monoisotopic (exact) mass is 358 g/mol. The minimum atomic E-state index is -1.22. The number of fused-ring (bicyclic) bond motifs is 2. The molecular weight excluding hydrogens is 348 g/mol. The fourth-order valence-electron chi connectivity index (χ4n) is 2.35. The van der Waals surface area contributed by atoms with E-state index in [1.165, 1.54) is 18.4 Å². The van der Waals surface area contributed by atoms with Gasteiger partial charge in [-0.15, -0.1) is 5.10 Å². The van der Waals surface area contributed by atoms with E-state index in [0.29, 0.717) is 15.8 Å². The highest BCUT2D eigenvalue weighted by Gasteiger charge is 2.15. The third kappa shape index (κ3) is 2.57. The van der Waals surface area contributed by atoms with Gasteiger partial charge in [0.15, 0.2) is 5.65 Å². The number of aromatic amines is 2. The maximum absolute atomic E-state index is 12.6. The lowest BCUT2D eigenvalue weighted by Gasteiger charge is -2.01. The lowest BCUT2D eigenvalue weighted by molar-refractivity contribution is 0.102. The Labute approximate surface area is 140 Å². The van der Waals surface area contributed by atoms with E-state index >= 15 is 0 Å². The molecule has 1 unspecified atom stereocenters. The second-order valence-electron chi connectivity index (χ2n) is 5.10. The summed E-state index contributed by atoms with van der Waals surface area (Å²) >= 11 is 0. The number of carbonyl (C=O) groups is 1. The topological polar surface area (TPSA) is 151 Å². The van der Waals surface area contributed by atoms with Gasteiger partial charge in [0.05, 0.1) is 10.9 Å². The van der Waals surface area contributed by atoms with Crippen molar-refractivity contribution in [3.05, 3.63) is 40.3 Å². The van der Waals surface area contributed by atoms with E-state index in [2.05, 4.69) is 36.0 Å². The van der Waals surface area contributed by atoms with Crippen molar-refractivity contribution in [2.75, 3.05) is 11.6 Å². The van der Waals surface area contributed by atoms with Gasteiger partial charge in [-0.05, 0) is 23.4 Å². The fraction of sp³-hybridized carbons (Fsp3) is 0.0769. The van der Waals surface area contributed by atoms with Crippen molar-refractivity contribution >= 4 is 39.2 Å². The molecule has 3 N–H and O–H groups in total. The van der Waals surface area contributed by atoms with Gasteiger partial charge in [0.2, 0.25) is 0 Å². The first-order valence-electron chi connectivity index (χ1n) is 6.97. The van der Waals surface area contributed by atoms with Crippen LogP contribution in [-0.2, 0) is 10.8 Å². The summed E-state index contributed by atoms with van der Waals surface area (Å²) in [5.41, 5.74) is 0.430. The Morgan fingerprint density at radius 1 is 1.32 bits per heavy atom. The molecule has 12 heteroatoms. The molecule has 0 saturated heterocycles. The highest BCUT2D eigenvalue weighted by atomic mass is 32.2. The Kier molecular flexibility index (Phi) is 3.39. The smallest absolute Gasteiger partial charge is 0.280 e. The standard InChI is InChI=1S/C13H10N8O3S/c1-25(24)6-2-3-8-7(4-6)12(23)21-10(14-8)5-9(18-21)11(22)15-13-16-19-20-17-13/h2-5,18H,1H3,(H2,15,16,17,19,20,22). The van der Waals surface area contributed by atoms with Gasteiger partial charge in [-0.2, -0.15) is 5.21 Å². The van der Waals surface area contributed by atoms with Gasteiger partial charge >= 0.3 is 0 Å². The first-order chi connectivity index (χ1) is 12.0. The molecule has 1 atom stereocenters. The van der Waals surface area contributed by atoms with Crippen molar-refractivity contribution in [1.82, 2.24) is 35.2 Å². The molecule has 0 bridgehead atoms. The minimum Gasteiger partial charge on any atom is -0.286 e. The summed E-state index contributed by atoms with van der Waals surface area (Å²) in [5.74, 6) is -0.546. The van der Waals surface area contributed by atoms with Crippen molar-refractivity contribution in [3.8, 4) is 0 Å². The maximum atomic E-state index is 12.6. The number of hydrogen-bond donors (Lipinski definition) is 3. The molecule has 0 aliphatic rings. The first kappa shape index (κ1) is 15.1. The first-order valence-corrected chi connectivity index (χ1v) is 8.52. The molecule has 25 heavy (non-hydrogen) atoms. The number of nitrogens with zero attached hydrogens (tertiary/aromatic N) is 5. The predicted molar refractivity (Wildman–Crippen MR) is 87.8 cm³/mol. The number of carbonyl (C=O) groups excluding carboxylic acids is 1. The highest BCUT2D eigenvalue weighted by Crippen LogP contribution is 2.15. The quantitative estimate of drug-likeness (QED) is 0.454. The molecule has 3 aromatic heterocycles. The van der Waals surface area contributed by atoms with Gasteiger partial charge in [0.25, 0.3) is 17.4 Å². The number of H-pyrrole nitrogens is 2. The van der Waals surface area contributed by atoms with Crippen molar-refractivity contribution < 1.29 is 9.00 Å². The van der Waals surface area contributed by atoms with E-state index in [4.69, 9.17) is 0 Å². The Bertz CT molecular complexity index is 1190. The number of rotatable bonds is 3. The van der Waals surface area contributed by atoms with Crippen molar-refractivity contribution in [2.24, 2.45) is 0 Å². The van der Waals surface area contributed by atoms with E-state index in [1.54, 1.807) is 12.1 Å². The maximum Gasteiger partial charge on any atom is 0.280 e. The van der Waals surface area contributed by atoms with Gasteiger partial charge in [-0.1, -0.05) is 5.10 Å². The summed E-state index contributed by atoms with van der Waals surface area (Å²) in [6.45, 7) is 0. The van der Waals surface area contributed by atoms with Crippen molar-refractivity contribution in [1.29, 1.82) is 0 Å². The molecule has 0 saturated carbocycles. The minimum absolute atomic E-state index is 0.00388. The summed E-state index contributed by atoms with van der Waals surface area (Å²) in [7, 11) is -1.22. The lowest BCUT2D eigenvalue weighted by atomic mass is 10.2. The van der Waals surface area contributed by atoms with Crippen LogP contribution in [0.3, 0.4) is 0 Å². The molecular formula is C13H10N8O3S. The molecule has 1 aromatic carbocycles. The molecule has 0 aliphatic heterocycles. The van der Waals surface area contributed by atoms with Crippen molar-refractivity contribution in [2.45, 2.75) is 4.90 Å². The zero-order valence-electron chi connectivity index (χ0n) is 12.7. The van der Waals surface area contributed by atoms with Gasteiger partial charge in [-0.25, -0.2) is 9.50 Å². The summed E-state index contributed by atoms with van der Waals surface area (Å²) in [4.78, 5) is 29.7. The second-order valence-corrected chi connectivity index (χ2v) is 6.48. The van der Waals surface area contributed by atoms with Crippen LogP contribution >= 0.6 is 0 Å². The zero-order chi connectivity index (χ0) is 17.6. The van der Waals surface area contributed by atoms with E-state index in [-0.39, 0.29) is 17.3 Å². The van der Waals surface area contributed by atoms with E-state index < -0.39 is 22.3 Å². The number of anilines is 1. The van der Waals surface area contributed by atoms with Crippen LogP contribution in [0, 0.1) is 0 Å². The van der Waals surface area contributed by atoms with E-state index in [1.807, 2.05) is 0 Å². The normalized spacial score (nSPS) is 12.5. The number of nitrogens with one attached hydrogen (secondary N) is 3. The zero-order valence-corrected chi connectivity index (χ0v) is 13.5. The molecule has 3 heterocycles. The van der Waals surface area contributed by atoms with Crippen LogP contribution in [0.4, 0.5) is 5.95 Å². The SMILES string of the molecule is CS(=O)c1ccc2nc3cc(C(=O)Nc4nn[nH]n4)[nH]n3c(=O)c2c1. The van der Waals surface area contributed by atoms with Gasteiger partial charge in [0.1, 0.15) is 5.69 Å². The molecule has 4 rings (SSSR count). The van der Waals surface area contributed by atoms with Crippen LogP contribution < -0.4 is 10.9 Å². The van der Waals surface area contributed by atoms with Gasteiger partial charge < -0.3 is 0 Å². The third-order valence-corrected chi connectivity index (χ3v) is 4.44. The molecule has 0 fully saturated rings. The Hall–Kier alpha value is -3.41. The molecule has 0 aliphatic carbocycles. The van der Waals surface area contributed by atoms with Crippen LogP contribution in [0.5, 0.6) is 0 Å². The Morgan fingerprint density at radius 2 is 2.16 bits per heavy atom. The lowest BCUT2D eigenvalue weighted by Crippen LogP contribution is -2.18. The molecule has 1 amide bonds. The van der Waals surface area contributed by atoms with E-state index in [0.717, 1.165) is 4.52 Å². The summed E-state index contributed by atoms with van der Waals surface area (Å²) in [6.07, 6.45) is 1.53. The summed E-state index contributed by atoms with van der Waals surface area (Å²) in [5, 5.41) is 18.2. The van der Waals surface area contributed by atoms with Crippen LogP contribution in [0.15, 0.2) is 34.0 Å².